The number of pyridine rings is 1. The van der Waals surface area contributed by atoms with E-state index < -0.39 is 0 Å². The van der Waals surface area contributed by atoms with Gasteiger partial charge < -0.3 is 4.74 Å². The minimum atomic E-state index is 0.543. The van der Waals surface area contributed by atoms with Gasteiger partial charge in [-0.3, -0.25) is 0 Å². The number of terminal acetylenes is 1. The highest BCUT2D eigenvalue weighted by atomic mass is 16.5. The molecule has 0 atom stereocenters. The summed E-state index contributed by atoms with van der Waals surface area (Å²) in [6.07, 6.45) is 5.84. The highest BCUT2D eigenvalue weighted by Gasteiger charge is 2.05. The maximum atomic E-state index is 5.29. The highest BCUT2D eigenvalue weighted by molar-refractivity contribution is 5.80. The maximum absolute atomic E-state index is 5.29. The van der Waals surface area contributed by atoms with Gasteiger partial charge in [-0.15, -0.1) is 12.3 Å². The number of fused-ring (bicyclic) bond motifs is 1. The Bertz CT molecular complexity index is 526. The second-order valence-electron chi connectivity index (χ2n) is 3.23. The number of ether oxygens (including phenoxy) is 1. The second kappa shape index (κ2) is 4.02. The molecule has 0 bridgehead atoms. The van der Waals surface area contributed by atoms with Crippen molar-refractivity contribution in [2.45, 2.75) is 6.42 Å². The lowest BCUT2D eigenvalue weighted by atomic mass is 10.1. The largest absolute Gasteiger partial charge is 0.481 e. The van der Waals surface area contributed by atoms with E-state index in [0.29, 0.717) is 12.3 Å². The van der Waals surface area contributed by atoms with Gasteiger partial charge in [-0.1, -0.05) is 18.2 Å². The van der Waals surface area contributed by atoms with Gasteiger partial charge in [-0.05, 0) is 12.1 Å². The van der Waals surface area contributed by atoms with Crippen molar-refractivity contribution in [3.63, 3.8) is 0 Å². The van der Waals surface area contributed by atoms with E-state index in [1.165, 1.54) is 0 Å². The highest BCUT2D eigenvalue weighted by Crippen LogP contribution is 2.22. The molecule has 15 heavy (non-hydrogen) atoms. The van der Waals surface area contributed by atoms with E-state index in [1.807, 2.05) is 30.3 Å². The van der Waals surface area contributed by atoms with Crippen LogP contribution in [-0.2, 0) is 6.42 Å². The quantitative estimate of drug-likeness (QED) is 0.690. The molecule has 0 unspecified atom stereocenters. The summed E-state index contributed by atoms with van der Waals surface area (Å²) >= 11 is 0. The average molecular weight is 197 g/mol. The van der Waals surface area contributed by atoms with Crippen LogP contribution >= 0.6 is 0 Å². The van der Waals surface area contributed by atoms with E-state index in [-0.39, 0.29) is 0 Å². The first-order valence-electron chi connectivity index (χ1n) is 4.71. The summed E-state index contributed by atoms with van der Waals surface area (Å²) in [5, 5.41) is 1.09. The molecule has 0 amide bonds. The summed E-state index contributed by atoms with van der Waals surface area (Å²) in [4.78, 5) is 4.39. The lowest BCUT2D eigenvalue weighted by Gasteiger charge is -2.06. The third-order valence-corrected chi connectivity index (χ3v) is 2.25. The number of methoxy groups -OCH3 is 1. The van der Waals surface area contributed by atoms with Gasteiger partial charge in [0.05, 0.1) is 12.6 Å². The maximum Gasteiger partial charge on any atom is 0.217 e. The lowest BCUT2D eigenvalue weighted by Crippen LogP contribution is -1.95. The van der Waals surface area contributed by atoms with Gasteiger partial charge in [0.25, 0.3) is 0 Å². The van der Waals surface area contributed by atoms with E-state index >= 15 is 0 Å². The predicted octanol–water partition coefficient (Wildman–Crippen LogP) is 2.42. The molecule has 0 radical (unpaired) electrons. The van der Waals surface area contributed by atoms with Crippen LogP contribution < -0.4 is 4.74 Å². The van der Waals surface area contributed by atoms with Crippen molar-refractivity contribution in [3.8, 4) is 18.2 Å². The SMILES string of the molecule is C#CCc1cc2ccccc2nc1OC. The topological polar surface area (TPSA) is 22.1 Å². The van der Waals surface area contributed by atoms with Crippen LogP contribution in [0.3, 0.4) is 0 Å². The Morgan fingerprint density at radius 3 is 2.93 bits per heavy atom. The fourth-order valence-corrected chi connectivity index (χ4v) is 1.56. The molecule has 1 aromatic carbocycles. The van der Waals surface area contributed by atoms with Crippen molar-refractivity contribution in [2.24, 2.45) is 0 Å². The normalized spacial score (nSPS) is 9.87. The summed E-state index contributed by atoms with van der Waals surface area (Å²) in [5.41, 5.74) is 1.88. The van der Waals surface area contributed by atoms with Crippen LogP contribution in [0.2, 0.25) is 0 Å². The second-order valence-corrected chi connectivity index (χ2v) is 3.23. The van der Waals surface area contributed by atoms with Crippen LogP contribution in [0.4, 0.5) is 0 Å². The fraction of sp³-hybridized carbons (Fsp3) is 0.154. The molecule has 1 aromatic heterocycles. The zero-order valence-corrected chi connectivity index (χ0v) is 8.53. The number of hydrogen-bond donors (Lipinski definition) is 0. The van der Waals surface area contributed by atoms with Crippen molar-refractivity contribution >= 4 is 10.9 Å². The van der Waals surface area contributed by atoms with Crippen molar-refractivity contribution in [1.82, 2.24) is 4.98 Å². The molecule has 0 saturated heterocycles. The molecule has 0 spiro atoms. The van der Waals surface area contributed by atoms with Crippen LogP contribution in [0.15, 0.2) is 30.3 Å². The molecule has 2 heteroatoms. The van der Waals surface area contributed by atoms with Gasteiger partial charge in [0.15, 0.2) is 0 Å². The molecule has 74 valence electrons. The molecule has 2 aromatic rings. The number of rotatable bonds is 2. The molecule has 0 aliphatic rings. The minimum Gasteiger partial charge on any atom is -0.481 e. The lowest BCUT2D eigenvalue weighted by molar-refractivity contribution is 0.395. The third kappa shape index (κ3) is 1.77. The van der Waals surface area contributed by atoms with Crippen molar-refractivity contribution < 1.29 is 4.74 Å². The molecule has 1 heterocycles. The Morgan fingerprint density at radius 2 is 2.20 bits per heavy atom. The van der Waals surface area contributed by atoms with Crippen molar-refractivity contribution in [1.29, 1.82) is 0 Å². The van der Waals surface area contributed by atoms with Crippen LogP contribution in [0, 0.1) is 12.3 Å². The van der Waals surface area contributed by atoms with Crippen molar-refractivity contribution in [3.05, 3.63) is 35.9 Å². The Hall–Kier alpha value is -2.01. The summed E-state index contributed by atoms with van der Waals surface area (Å²) in [5.74, 6) is 3.22. The first-order valence-corrected chi connectivity index (χ1v) is 4.71. The summed E-state index contributed by atoms with van der Waals surface area (Å²) in [7, 11) is 1.61. The van der Waals surface area contributed by atoms with Crippen LogP contribution in [-0.4, -0.2) is 12.1 Å². The monoisotopic (exact) mass is 197 g/mol. The first-order chi connectivity index (χ1) is 7.35. The summed E-state index contributed by atoms with van der Waals surface area (Å²) < 4.78 is 5.20. The molecule has 2 nitrogen and oxygen atoms in total. The van der Waals surface area contributed by atoms with E-state index in [0.717, 1.165) is 16.5 Å². The van der Waals surface area contributed by atoms with Crippen molar-refractivity contribution in [2.75, 3.05) is 7.11 Å². The number of hydrogen-bond acceptors (Lipinski definition) is 2. The average Bonchev–Trinajstić information content (AvgIpc) is 2.28. The molecule has 0 saturated carbocycles. The zero-order chi connectivity index (χ0) is 10.7. The van der Waals surface area contributed by atoms with E-state index in [9.17, 15) is 0 Å². The smallest absolute Gasteiger partial charge is 0.217 e. The van der Waals surface area contributed by atoms with Crippen LogP contribution in [0.5, 0.6) is 5.88 Å². The van der Waals surface area contributed by atoms with Gasteiger partial charge in [0, 0.05) is 17.4 Å². The molecule has 0 N–H and O–H groups in total. The van der Waals surface area contributed by atoms with Crippen LogP contribution in [0.25, 0.3) is 10.9 Å². The standard InChI is InChI=1S/C13H11NO/c1-3-6-11-9-10-7-4-5-8-12(10)14-13(11)15-2/h1,4-5,7-9H,6H2,2H3. The first kappa shape index (κ1) is 9.54. The fourth-order valence-electron chi connectivity index (χ4n) is 1.56. The summed E-state index contributed by atoms with van der Waals surface area (Å²) in [6, 6.07) is 9.94. The molecule has 2 rings (SSSR count). The van der Waals surface area contributed by atoms with E-state index in [1.54, 1.807) is 7.11 Å². The molecular weight excluding hydrogens is 186 g/mol. The van der Waals surface area contributed by atoms with Gasteiger partial charge in [-0.25, -0.2) is 4.98 Å². The van der Waals surface area contributed by atoms with E-state index in [4.69, 9.17) is 11.2 Å². The van der Waals surface area contributed by atoms with Gasteiger partial charge in [0.1, 0.15) is 0 Å². The molecule has 0 fully saturated rings. The Labute approximate surface area is 88.9 Å². The Balaban J connectivity index is 2.64. The number of nitrogens with zero attached hydrogens (tertiary/aromatic N) is 1. The van der Waals surface area contributed by atoms with E-state index in [2.05, 4.69) is 10.9 Å². The number of benzene rings is 1. The van der Waals surface area contributed by atoms with Crippen LogP contribution in [0.1, 0.15) is 5.56 Å². The van der Waals surface area contributed by atoms with Gasteiger partial charge in [0.2, 0.25) is 5.88 Å². The minimum absolute atomic E-state index is 0.543. The molecular formula is C13H11NO. The van der Waals surface area contributed by atoms with Gasteiger partial charge >= 0.3 is 0 Å². The van der Waals surface area contributed by atoms with Gasteiger partial charge in [-0.2, -0.15) is 0 Å². The Morgan fingerprint density at radius 1 is 1.40 bits per heavy atom. The summed E-state index contributed by atoms with van der Waals surface area (Å²) in [6.45, 7) is 0. The Kier molecular flexibility index (Phi) is 2.55. The third-order valence-electron chi connectivity index (χ3n) is 2.25. The number of para-hydroxylation sites is 1. The molecule has 0 aliphatic carbocycles. The molecule has 0 aliphatic heterocycles. The number of aromatic nitrogens is 1. The zero-order valence-electron chi connectivity index (χ0n) is 8.53. The predicted molar refractivity (Wildman–Crippen MR) is 60.8 cm³/mol.